The molecular weight excluding hydrogens is 414 g/mol. The average molecular weight is 440 g/mol. The van der Waals surface area contributed by atoms with Gasteiger partial charge in [-0.3, -0.25) is 0 Å². The van der Waals surface area contributed by atoms with Crippen molar-refractivity contribution < 1.29 is 19.0 Å². The zero-order valence-electron chi connectivity index (χ0n) is 18.5. The van der Waals surface area contributed by atoms with Gasteiger partial charge in [0, 0.05) is 12.0 Å². The molecule has 1 N–H and O–H groups in total. The second-order valence-corrected chi connectivity index (χ2v) is 8.75. The van der Waals surface area contributed by atoms with E-state index < -0.39 is 5.60 Å². The summed E-state index contributed by atoms with van der Waals surface area (Å²) in [5.41, 5.74) is 4.07. The summed E-state index contributed by atoms with van der Waals surface area (Å²) in [4.78, 5) is 0. The molecule has 1 aliphatic heterocycles. The standard InChI is InChI=1S/C28H25NO4/c1-28(15-24(30)8-10-33-28)23-4-2-3-19(12-23)17-32-25-5-6-26-22(14-25)11-20(16-29)13-27(26)21-7-9-31-18-21/h2-7,9,11-14,18,24,30H,8,10,15,17H2,1H3/t24-,28?/m1/s1. The smallest absolute Gasteiger partial charge is 0.120 e. The van der Waals surface area contributed by atoms with E-state index in [1.165, 1.54) is 0 Å². The fourth-order valence-electron chi connectivity index (χ4n) is 4.55. The van der Waals surface area contributed by atoms with E-state index in [0.29, 0.717) is 31.6 Å². The summed E-state index contributed by atoms with van der Waals surface area (Å²) in [5, 5.41) is 21.6. The maximum absolute atomic E-state index is 10.1. The lowest BCUT2D eigenvalue weighted by Crippen LogP contribution is -2.37. The van der Waals surface area contributed by atoms with Gasteiger partial charge in [0.25, 0.3) is 0 Å². The quantitative estimate of drug-likeness (QED) is 0.417. The molecule has 4 aromatic rings. The summed E-state index contributed by atoms with van der Waals surface area (Å²) in [6.45, 7) is 2.99. The Labute approximate surface area is 192 Å². The molecule has 33 heavy (non-hydrogen) atoms. The van der Waals surface area contributed by atoms with Crippen LogP contribution in [0.2, 0.25) is 0 Å². The van der Waals surface area contributed by atoms with E-state index in [1.807, 2.05) is 61.5 Å². The summed E-state index contributed by atoms with van der Waals surface area (Å²) in [6, 6.07) is 22.0. The number of hydrogen-bond acceptors (Lipinski definition) is 5. The molecule has 1 unspecified atom stereocenters. The van der Waals surface area contributed by atoms with Crippen LogP contribution in [0.15, 0.2) is 77.6 Å². The predicted octanol–water partition coefficient (Wildman–Crippen LogP) is 5.94. The molecule has 0 amide bonds. The fraction of sp³-hybridized carbons (Fsp3) is 0.250. The van der Waals surface area contributed by atoms with E-state index in [9.17, 15) is 10.4 Å². The first-order valence-electron chi connectivity index (χ1n) is 11.1. The molecule has 166 valence electrons. The van der Waals surface area contributed by atoms with Crippen LogP contribution >= 0.6 is 0 Å². The predicted molar refractivity (Wildman–Crippen MR) is 126 cm³/mol. The van der Waals surface area contributed by atoms with Gasteiger partial charge in [-0.2, -0.15) is 5.26 Å². The summed E-state index contributed by atoms with van der Waals surface area (Å²) in [5.74, 6) is 0.733. The van der Waals surface area contributed by atoms with Crippen molar-refractivity contribution in [1.29, 1.82) is 5.26 Å². The Balaban J connectivity index is 1.39. The van der Waals surface area contributed by atoms with Gasteiger partial charge < -0.3 is 19.0 Å². The monoisotopic (exact) mass is 439 g/mol. The molecule has 3 aromatic carbocycles. The Hall–Kier alpha value is -3.59. The number of fused-ring (bicyclic) bond motifs is 1. The van der Waals surface area contributed by atoms with Crippen LogP contribution in [0.1, 0.15) is 36.5 Å². The number of hydrogen-bond donors (Lipinski definition) is 1. The number of ether oxygens (including phenoxy) is 2. The highest BCUT2D eigenvalue weighted by atomic mass is 16.5. The van der Waals surface area contributed by atoms with E-state index in [0.717, 1.165) is 38.8 Å². The minimum Gasteiger partial charge on any atom is -0.489 e. The van der Waals surface area contributed by atoms with Crippen LogP contribution in [0.4, 0.5) is 0 Å². The molecule has 2 heterocycles. The fourth-order valence-corrected chi connectivity index (χ4v) is 4.55. The van der Waals surface area contributed by atoms with E-state index in [-0.39, 0.29) is 6.10 Å². The Morgan fingerprint density at radius 2 is 2.06 bits per heavy atom. The molecule has 0 bridgehead atoms. The highest BCUT2D eigenvalue weighted by molar-refractivity contribution is 5.98. The lowest BCUT2D eigenvalue weighted by molar-refractivity contribution is -0.112. The minimum atomic E-state index is -0.492. The molecule has 1 aliphatic rings. The van der Waals surface area contributed by atoms with Gasteiger partial charge in [0.1, 0.15) is 12.4 Å². The zero-order chi connectivity index (χ0) is 22.8. The highest BCUT2D eigenvalue weighted by Gasteiger charge is 2.34. The molecule has 1 saturated heterocycles. The van der Waals surface area contributed by atoms with Crippen molar-refractivity contribution in [2.75, 3.05) is 6.61 Å². The van der Waals surface area contributed by atoms with E-state index >= 15 is 0 Å². The van der Waals surface area contributed by atoms with Gasteiger partial charge in [0.15, 0.2) is 0 Å². The molecule has 1 aromatic heterocycles. The van der Waals surface area contributed by atoms with Gasteiger partial charge in [0.2, 0.25) is 0 Å². The lowest BCUT2D eigenvalue weighted by Gasteiger charge is -2.37. The number of aliphatic hydroxyl groups excluding tert-OH is 1. The van der Waals surface area contributed by atoms with Crippen molar-refractivity contribution in [3.63, 3.8) is 0 Å². The van der Waals surface area contributed by atoms with Gasteiger partial charge in [0.05, 0.1) is 42.5 Å². The van der Waals surface area contributed by atoms with Crippen LogP contribution in [0.5, 0.6) is 5.75 Å². The molecule has 5 heteroatoms. The van der Waals surface area contributed by atoms with Gasteiger partial charge in [-0.15, -0.1) is 0 Å². The highest BCUT2D eigenvalue weighted by Crippen LogP contribution is 2.36. The van der Waals surface area contributed by atoms with Crippen LogP contribution in [0, 0.1) is 11.3 Å². The summed E-state index contributed by atoms with van der Waals surface area (Å²) in [6.07, 6.45) is 4.23. The number of aliphatic hydroxyl groups is 1. The van der Waals surface area contributed by atoms with E-state index in [2.05, 4.69) is 12.1 Å². The Morgan fingerprint density at radius 3 is 2.85 bits per heavy atom. The second-order valence-electron chi connectivity index (χ2n) is 8.75. The average Bonchev–Trinajstić information content (AvgIpc) is 3.37. The van der Waals surface area contributed by atoms with Gasteiger partial charge in [-0.25, -0.2) is 0 Å². The summed E-state index contributed by atoms with van der Waals surface area (Å²) in [7, 11) is 0. The molecule has 0 aliphatic carbocycles. The Bertz CT molecular complexity index is 1320. The third-order valence-electron chi connectivity index (χ3n) is 6.33. The van der Waals surface area contributed by atoms with Crippen LogP contribution < -0.4 is 4.74 Å². The number of furan rings is 1. The van der Waals surface area contributed by atoms with Crippen LogP contribution in [-0.2, 0) is 16.9 Å². The van der Waals surface area contributed by atoms with Crippen molar-refractivity contribution in [2.24, 2.45) is 0 Å². The van der Waals surface area contributed by atoms with Crippen molar-refractivity contribution >= 4 is 10.8 Å². The third kappa shape index (κ3) is 4.36. The first-order valence-corrected chi connectivity index (χ1v) is 11.1. The topological polar surface area (TPSA) is 75.6 Å². The molecule has 0 radical (unpaired) electrons. The first-order chi connectivity index (χ1) is 16.0. The van der Waals surface area contributed by atoms with Crippen LogP contribution in [0.25, 0.3) is 21.9 Å². The Kier molecular flexibility index (Phi) is 5.63. The zero-order valence-corrected chi connectivity index (χ0v) is 18.5. The number of nitrogens with zero attached hydrogens (tertiary/aromatic N) is 1. The largest absolute Gasteiger partial charge is 0.489 e. The minimum absolute atomic E-state index is 0.341. The molecule has 5 nitrogen and oxygen atoms in total. The van der Waals surface area contributed by atoms with Crippen molar-refractivity contribution in [2.45, 2.75) is 38.1 Å². The third-order valence-corrected chi connectivity index (χ3v) is 6.33. The van der Waals surface area contributed by atoms with Crippen molar-refractivity contribution in [3.8, 4) is 22.9 Å². The van der Waals surface area contributed by atoms with Gasteiger partial charge in [-0.05, 0) is 77.2 Å². The Morgan fingerprint density at radius 1 is 1.15 bits per heavy atom. The molecule has 5 rings (SSSR count). The second kappa shape index (κ2) is 8.74. The van der Waals surface area contributed by atoms with Crippen molar-refractivity contribution in [3.05, 3.63) is 89.9 Å². The molecule has 2 atom stereocenters. The van der Waals surface area contributed by atoms with Crippen LogP contribution in [-0.4, -0.2) is 17.8 Å². The number of benzene rings is 3. The molecule has 0 spiro atoms. The summed E-state index contributed by atoms with van der Waals surface area (Å²) < 4.78 is 17.4. The maximum Gasteiger partial charge on any atom is 0.120 e. The molecular formula is C28H25NO4. The maximum atomic E-state index is 10.1. The normalized spacial score (nSPS) is 20.5. The number of rotatable bonds is 5. The SMILES string of the molecule is CC1(c2cccc(COc3ccc4c(-c5ccoc5)cc(C#N)cc4c3)c2)C[C@H](O)CCO1. The summed E-state index contributed by atoms with van der Waals surface area (Å²) >= 11 is 0. The first kappa shape index (κ1) is 21.3. The van der Waals surface area contributed by atoms with Crippen molar-refractivity contribution in [1.82, 2.24) is 0 Å². The molecule has 1 fully saturated rings. The number of nitriles is 1. The van der Waals surface area contributed by atoms with Gasteiger partial charge in [-0.1, -0.05) is 24.3 Å². The van der Waals surface area contributed by atoms with E-state index in [1.54, 1.807) is 12.5 Å². The lowest BCUT2D eigenvalue weighted by atomic mass is 9.86. The van der Waals surface area contributed by atoms with E-state index in [4.69, 9.17) is 13.9 Å². The van der Waals surface area contributed by atoms with Gasteiger partial charge >= 0.3 is 0 Å². The van der Waals surface area contributed by atoms with Crippen LogP contribution in [0.3, 0.4) is 0 Å². The molecule has 0 saturated carbocycles.